The largest absolute Gasteiger partial charge is 0.338 e. The van der Waals surface area contributed by atoms with E-state index in [1.165, 1.54) is 0 Å². The van der Waals surface area contributed by atoms with Crippen molar-refractivity contribution < 1.29 is 4.79 Å². The van der Waals surface area contributed by atoms with Crippen molar-refractivity contribution in [1.82, 2.24) is 14.7 Å². The van der Waals surface area contributed by atoms with Crippen molar-refractivity contribution in [2.24, 2.45) is 0 Å². The Labute approximate surface area is 123 Å². The lowest BCUT2D eigenvalue weighted by atomic mass is 10.0. The fourth-order valence-electron chi connectivity index (χ4n) is 2.64. The molecule has 0 atom stereocenters. The smallest absolute Gasteiger partial charge is 0.255 e. The van der Waals surface area contributed by atoms with Crippen LogP contribution in [0.5, 0.6) is 0 Å². The minimum Gasteiger partial charge on any atom is -0.338 e. The Hall–Kier alpha value is -1.81. The van der Waals surface area contributed by atoms with Gasteiger partial charge >= 0.3 is 0 Å². The van der Waals surface area contributed by atoms with Gasteiger partial charge < -0.3 is 4.90 Å². The van der Waals surface area contributed by atoms with Crippen LogP contribution in [-0.2, 0) is 0 Å². The van der Waals surface area contributed by atoms with Gasteiger partial charge in [-0.1, -0.05) is 23.7 Å². The van der Waals surface area contributed by atoms with E-state index in [1.54, 1.807) is 18.3 Å². The Morgan fingerprint density at radius 3 is 2.60 bits per heavy atom. The van der Waals surface area contributed by atoms with E-state index in [9.17, 15) is 4.79 Å². The number of aromatic nitrogens is 2. The average Bonchev–Trinajstić information content (AvgIpc) is 3.01. The molecule has 104 valence electrons. The van der Waals surface area contributed by atoms with Crippen LogP contribution in [-0.4, -0.2) is 33.7 Å². The summed E-state index contributed by atoms with van der Waals surface area (Å²) in [6.07, 6.45) is 5.63. The fourth-order valence-corrected chi connectivity index (χ4v) is 2.85. The molecule has 5 heteroatoms. The van der Waals surface area contributed by atoms with Gasteiger partial charge in [0.2, 0.25) is 0 Å². The number of carbonyl (C=O) groups excluding carboxylic acids is 1. The van der Waals surface area contributed by atoms with E-state index in [-0.39, 0.29) is 5.91 Å². The van der Waals surface area contributed by atoms with Crippen molar-refractivity contribution in [3.05, 3.63) is 53.3 Å². The lowest BCUT2D eigenvalue weighted by molar-refractivity contribution is 0.0690. The molecule has 20 heavy (non-hydrogen) atoms. The molecule has 2 aromatic rings. The highest BCUT2D eigenvalue weighted by molar-refractivity contribution is 6.33. The number of carbonyl (C=O) groups is 1. The lowest BCUT2D eigenvalue weighted by Gasteiger charge is -2.32. The molecule has 1 amide bonds. The van der Waals surface area contributed by atoms with Crippen molar-refractivity contribution in [3.8, 4) is 0 Å². The summed E-state index contributed by atoms with van der Waals surface area (Å²) in [6, 6.07) is 9.54. The predicted octanol–water partition coefficient (Wildman–Crippen LogP) is 3.01. The molecule has 0 aliphatic carbocycles. The maximum Gasteiger partial charge on any atom is 0.255 e. The zero-order valence-electron chi connectivity index (χ0n) is 11.1. The van der Waals surface area contributed by atoms with E-state index in [4.69, 9.17) is 11.6 Å². The number of likely N-dealkylation sites (tertiary alicyclic amines) is 1. The third-order valence-corrected chi connectivity index (χ3v) is 4.08. The van der Waals surface area contributed by atoms with Gasteiger partial charge in [-0.3, -0.25) is 9.48 Å². The second-order valence-electron chi connectivity index (χ2n) is 4.99. The molecule has 4 nitrogen and oxygen atoms in total. The first-order chi connectivity index (χ1) is 9.75. The van der Waals surface area contributed by atoms with E-state index in [0.717, 1.165) is 25.9 Å². The molecule has 0 radical (unpaired) electrons. The van der Waals surface area contributed by atoms with E-state index < -0.39 is 0 Å². The number of amides is 1. The number of rotatable bonds is 2. The predicted molar refractivity (Wildman–Crippen MR) is 77.9 cm³/mol. The number of halogens is 1. The molecule has 1 aliphatic heterocycles. The van der Waals surface area contributed by atoms with Gasteiger partial charge in [0.05, 0.1) is 16.6 Å². The summed E-state index contributed by atoms with van der Waals surface area (Å²) in [5, 5.41) is 4.79. The first-order valence-corrected chi connectivity index (χ1v) is 7.16. The molecule has 1 aromatic carbocycles. The highest BCUT2D eigenvalue weighted by Gasteiger charge is 2.25. The van der Waals surface area contributed by atoms with Gasteiger partial charge in [-0.25, -0.2) is 0 Å². The van der Waals surface area contributed by atoms with Gasteiger partial charge in [0, 0.05) is 25.5 Å². The van der Waals surface area contributed by atoms with E-state index >= 15 is 0 Å². The van der Waals surface area contributed by atoms with Crippen molar-refractivity contribution in [1.29, 1.82) is 0 Å². The van der Waals surface area contributed by atoms with E-state index in [1.807, 2.05) is 34.0 Å². The molecular formula is C15H16ClN3O. The van der Waals surface area contributed by atoms with Gasteiger partial charge in [-0.15, -0.1) is 0 Å². The summed E-state index contributed by atoms with van der Waals surface area (Å²) >= 11 is 6.09. The normalized spacial score (nSPS) is 16.4. The zero-order chi connectivity index (χ0) is 13.9. The highest BCUT2D eigenvalue weighted by Crippen LogP contribution is 2.24. The minimum atomic E-state index is 0.0227. The molecule has 1 saturated heterocycles. The summed E-state index contributed by atoms with van der Waals surface area (Å²) in [7, 11) is 0. The summed E-state index contributed by atoms with van der Waals surface area (Å²) in [4.78, 5) is 14.3. The van der Waals surface area contributed by atoms with Crippen molar-refractivity contribution in [3.63, 3.8) is 0 Å². The minimum absolute atomic E-state index is 0.0227. The van der Waals surface area contributed by atoms with Gasteiger partial charge in [0.25, 0.3) is 5.91 Å². The van der Waals surface area contributed by atoms with Gasteiger partial charge in [0.15, 0.2) is 0 Å². The van der Waals surface area contributed by atoms with Crippen LogP contribution in [0.4, 0.5) is 0 Å². The van der Waals surface area contributed by atoms with Crippen LogP contribution >= 0.6 is 11.6 Å². The topological polar surface area (TPSA) is 38.1 Å². The second-order valence-corrected chi connectivity index (χ2v) is 5.40. The number of hydrogen-bond acceptors (Lipinski definition) is 2. The molecule has 1 aliphatic rings. The van der Waals surface area contributed by atoms with Gasteiger partial charge in [0.1, 0.15) is 0 Å². The van der Waals surface area contributed by atoms with Crippen molar-refractivity contribution in [2.45, 2.75) is 18.9 Å². The molecule has 0 spiro atoms. The number of nitrogens with zero attached hydrogens (tertiary/aromatic N) is 3. The Bertz CT molecular complexity index is 589. The third kappa shape index (κ3) is 2.56. The number of benzene rings is 1. The molecule has 0 bridgehead atoms. The molecule has 0 unspecified atom stereocenters. The Morgan fingerprint density at radius 1 is 1.20 bits per heavy atom. The summed E-state index contributed by atoms with van der Waals surface area (Å²) in [6.45, 7) is 1.49. The average molecular weight is 290 g/mol. The van der Waals surface area contributed by atoms with Crippen LogP contribution in [0.1, 0.15) is 29.2 Å². The van der Waals surface area contributed by atoms with Crippen LogP contribution in [0, 0.1) is 0 Å². The second kappa shape index (κ2) is 5.67. The zero-order valence-corrected chi connectivity index (χ0v) is 11.8. The first kappa shape index (κ1) is 13.2. The maximum atomic E-state index is 12.4. The fraction of sp³-hybridized carbons (Fsp3) is 0.333. The molecule has 1 fully saturated rings. The van der Waals surface area contributed by atoms with Gasteiger partial charge in [-0.2, -0.15) is 5.10 Å². The molecule has 0 saturated carbocycles. The van der Waals surface area contributed by atoms with Crippen LogP contribution in [0.3, 0.4) is 0 Å². The molecule has 0 N–H and O–H groups in total. The Balaban J connectivity index is 1.66. The van der Waals surface area contributed by atoms with Gasteiger partial charge in [-0.05, 0) is 31.0 Å². The summed E-state index contributed by atoms with van der Waals surface area (Å²) in [5.74, 6) is 0.0227. The first-order valence-electron chi connectivity index (χ1n) is 6.78. The summed E-state index contributed by atoms with van der Waals surface area (Å²) in [5.41, 5.74) is 0.590. The number of hydrogen-bond donors (Lipinski definition) is 0. The maximum absolute atomic E-state index is 12.4. The van der Waals surface area contributed by atoms with Crippen LogP contribution in [0.25, 0.3) is 0 Å². The van der Waals surface area contributed by atoms with Crippen LogP contribution in [0.2, 0.25) is 5.02 Å². The standard InChI is InChI=1S/C15H16ClN3O/c16-14-5-2-1-4-13(14)15(20)18-10-6-12(7-11-18)19-9-3-8-17-19/h1-5,8-9,12H,6-7,10-11H2. The number of piperidine rings is 1. The molecular weight excluding hydrogens is 274 g/mol. The van der Waals surface area contributed by atoms with Crippen LogP contribution < -0.4 is 0 Å². The van der Waals surface area contributed by atoms with E-state index in [0.29, 0.717) is 16.6 Å². The van der Waals surface area contributed by atoms with Crippen molar-refractivity contribution >= 4 is 17.5 Å². The molecule has 1 aromatic heterocycles. The Kier molecular flexibility index (Phi) is 3.74. The highest BCUT2D eigenvalue weighted by atomic mass is 35.5. The monoisotopic (exact) mass is 289 g/mol. The molecule has 3 rings (SSSR count). The summed E-state index contributed by atoms with van der Waals surface area (Å²) < 4.78 is 1.98. The SMILES string of the molecule is O=C(c1ccccc1Cl)N1CCC(n2cccn2)CC1. The van der Waals surface area contributed by atoms with Crippen molar-refractivity contribution in [2.75, 3.05) is 13.1 Å². The molecule has 2 heterocycles. The Morgan fingerprint density at radius 2 is 1.95 bits per heavy atom. The van der Waals surface area contributed by atoms with Crippen LogP contribution in [0.15, 0.2) is 42.7 Å². The third-order valence-electron chi connectivity index (χ3n) is 3.75. The quantitative estimate of drug-likeness (QED) is 0.852. The van der Waals surface area contributed by atoms with E-state index in [2.05, 4.69) is 5.10 Å². The lowest BCUT2D eigenvalue weighted by Crippen LogP contribution is -2.39.